The molecule has 1 heterocycles. The Morgan fingerprint density at radius 3 is 2.57 bits per heavy atom. The number of halogens is 1. The summed E-state index contributed by atoms with van der Waals surface area (Å²) in [4.78, 5) is 21.5. The fourth-order valence-electron chi connectivity index (χ4n) is 3.06. The summed E-state index contributed by atoms with van der Waals surface area (Å²) < 4.78 is 19.2. The van der Waals surface area contributed by atoms with Gasteiger partial charge in [0.15, 0.2) is 5.78 Å². The van der Waals surface area contributed by atoms with E-state index in [2.05, 4.69) is 9.97 Å². The first-order valence-corrected chi connectivity index (χ1v) is 8.84. The van der Waals surface area contributed by atoms with Crippen LogP contribution in [0.5, 0.6) is 5.75 Å². The number of nitrogens with zero attached hydrogens (tertiary/aromatic N) is 2. The van der Waals surface area contributed by atoms with E-state index >= 15 is 0 Å². The Morgan fingerprint density at radius 1 is 0.964 bits per heavy atom. The van der Waals surface area contributed by atoms with E-state index in [0.717, 1.165) is 16.6 Å². The maximum atomic E-state index is 13.3. The average molecular weight is 372 g/mol. The first-order chi connectivity index (χ1) is 13.6. The highest BCUT2D eigenvalue weighted by Gasteiger charge is 2.15. The molecule has 3 aromatic carbocycles. The summed E-state index contributed by atoms with van der Waals surface area (Å²) in [6.45, 7) is 2.07. The maximum absolute atomic E-state index is 13.3. The topological polar surface area (TPSA) is 52.1 Å². The van der Waals surface area contributed by atoms with Crippen LogP contribution >= 0.6 is 0 Å². The summed E-state index contributed by atoms with van der Waals surface area (Å²) in [7, 11) is 0. The van der Waals surface area contributed by atoms with E-state index in [1.54, 1.807) is 60.9 Å². The van der Waals surface area contributed by atoms with Crippen molar-refractivity contribution >= 4 is 16.8 Å². The number of rotatable bonds is 5. The van der Waals surface area contributed by atoms with Gasteiger partial charge < -0.3 is 4.74 Å². The molecular weight excluding hydrogens is 355 g/mol. The van der Waals surface area contributed by atoms with Crippen LogP contribution in [0.2, 0.25) is 0 Å². The second-order valence-corrected chi connectivity index (χ2v) is 6.44. The van der Waals surface area contributed by atoms with Crippen LogP contribution in [-0.2, 0) is 6.61 Å². The standard InChI is InChI=1S/C23H17FN2O2/c1-15-19(23(27)17-8-9-20-21(13-17)26-11-10-25-20)6-3-7-22(15)28-14-16-4-2-5-18(24)12-16/h2-13H,14H2,1H3. The molecule has 0 saturated heterocycles. The molecule has 0 unspecified atom stereocenters. The number of hydrogen-bond donors (Lipinski definition) is 0. The lowest BCUT2D eigenvalue weighted by atomic mass is 9.98. The van der Waals surface area contributed by atoms with Crippen LogP contribution in [0.3, 0.4) is 0 Å². The van der Waals surface area contributed by atoms with Crippen molar-refractivity contribution in [3.05, 3.63) is 101 Å². The maximum Gasteiger partial charge on any atom is 0.193 e. The predicted molar refractivity (Wildman–Crippen MR) is 105 cm³/mol. The lowest BCUT2D eigenvalue weighted by Crippen LogP contribution is -2.06. The molecule has 0 saturated carbocycles. The molecule has 0 atom stereocenters. The molecule has 0 aliphatic carbocycles. The molecule has 0 radical (unpaired) electrons. The highest BCUT2D eigenvalue weighted by Crippen LogP contribution is 2.25. The minimum atomic E-state index is -0.304. The zero-order valence-electron chi connectivity index (χ0n) is 15.2. The van der Waals surface area contributed by atoms with Gasteiger partial charge in [0.25, 0.3) is 0 Å². The van der Waals surface area contributed by atoms with Crippen LogP contribution < -0.4 is 4.74 Å². The summed E-state index contributed by atoms with van der Waals surface area (Å²) in [6.07, 6.45) is 3.22. The molecule has 4 aromatic rings. The lowest BCUT2D eigenvalue weighted by molar-refractivity contribution is 0.103. The van der Waals surface area contributed by atoms with E-state index in [1.807, 2.05) is 6.92 Å². The second kappa shape index (κ2) is 7.56. The van der Waals surface area contributed by atoms with Crippen LogP contribution in [0, 0.1) is 12.7 Å². The van der Waals surface area contributed by atoms with Gasteiger partial charge in [-0.25, -0.2) is 4.39 Å². The Labute approximate surface area is 161 Å². The quantitative estimate of drug-likeness (QED) is 0.468. The third-order valence-electron chi connectivity index (χ3n) is 4.54. The smallest absolute Gasteiger partial charge is 0.193 e. The van der Waals surface area contributed by atoms with E-state index in [9.17, 15) is 9.18 Å². The summed E-state index contributed by atoms with van der Waals surface area (Å²) in [5.41, 5.74) is 3.97. The Morgan fingerprint density at radius 2 is 1.75 bits per heavy atom. The monoisotopic (exact) mass is 372 g/mol. The Balaban J connectivity index is 1.60. The highest BCUT2D eigenvalue weighted by atomic mass is 19.1. The Bertz CT molecular complexity index is 1170. The van der Waals surface area contributed by atoms with Gasteiger partial charge in [0.1, 0.15) is 18.2 Å². The van der Waals surface area contributed by atoms with Gasteiger partial charge in [0, 0.05) is 29.1 Å². The Kier molecular flexibility index (Phi) is 4.81. The largest absolute Gasteiger partial charge is 0.489 e. The summed E-state index contributed by atoms with van der Waals surface area (Å²) in [5, 5.41) is 0. The summed E-state index contributed by atoms with van der Waals surface area (Å²) >= 11 is 0. The zero-order chi connectivity index (χ0) is 19.5. The number of ketones is 1. The van der Waals surface area contributed by atoms with Gasteiger partial charge in [-0.05, 0) is 48.9 Å². The van der Waals surface area contributed by atoms with Crippen molar-refractivity contribution in [2.24, 2.45) is 0 Å². The fraction of sp³-hybridized carbons (Fsp3) is 0.0870. The van der Waals surface area contributed by atoms with Crippen molar-refractivity contribution in [1.82, 2.24) is 9.97 Å². The van der Waals surface area contributed by atoms with Crippen molar-refractivity contribution in [3.63, 3.8) is 0 Å². The van der Waals surface area contributed by atoms with Crippen LogP contribution in [-0.4, -0.2) is 15.8 Å². The summed E-state index contributed by atoms with van der Waals surface area (Å²) in [5.74, 6) is 0.179. The van der Waals surface area contributed by atoms with Crippen LogP contribution in [0.15, 0.2) is 73.1 Å². The number of fused-ring (bicyclic) bond motifs is 1. The van der Waals surface area contributed by atoms with Crippen molar-refractivity contribution in [2.75, 3.05) is 0 Å². The van der Waals surface area contributed by atoms with Gasteiger partial charge in [-0.1, -0.05) is 24.3 Å². The Hall–Kier alpha value is -3.60. The number of carbonyl (C=O) groups is 1. The molecule has 0 aliphatic rings. The number of ether oxygens (including phenoxy) is 1. The molecule has 0 bridgehead atoms. The average Bonchev–Trinajstić information content (AvgIpc) is 2.72. The molecule has 1 aromatic heterocycles. The predicted octanol–water partition coefficient (Wildman–Crippen LogP) is 4.89. The molecule has 0 fully saturated rings. The van der Waals surface area contributed by atoms with Gasteiger partial charge in [-0.2, -0.15) is 0 Å². The first-order valence-electron chi connectivity index (χ1n) is 8.84. The minimum Gasteiger partial charge on any atom is -0.489 e. The van der Waals surface area contributed by atoms with Crippen LogP contribution in [0.4, 0.5) is 4.39 Å². The van der Waals surface area contributed by atoms with E-state index in [1.165, 1.54) is 12.1 Å². The van der Waals surface area contributed by atoms with E-state index in [-0.39, 0.29) is 18.2 Å². The molecular formula is C23H17FN2O2. The number of carbonyl (C=O) groups excluding carboxylic acids is 1. The van der Waals surface area contributed by atoms with Crippen molar-refractivity contribution in [1.29, 1.82) is 0 Å². The molecule has 5 heteroatoms. The number of aromatic nitrogens is 2. The minimum absolute atomic E-state index is 0.110. The third-order valence-corrected chi connectivity index (χ3v) is 4.54. The lowest BCUT2D eigenvalue weighted by Gasteiger charge is -2.13. The molecule has 138 valence electrons. The van der Waals surface area contributed by atoms with Crippen molar-refractivity contribution in [3.8, 4) is 5.75 Å². The van der Waals surface area contributed by atoms with Gasteiger partial charge in [0.05, 0.1) is 11.0 Å². The van der Waals surface area contributed by atoms with Crippen LogP contribution in [0.25, 0.3) is 11.0 Å². The van der Waals surface area contributed by atoms with Crippen molar-refractivity contribution < 1.29 is 13.9 Å². The van der Waals surface area contributed by atoms with Crippen LogP contribution in [0.1, 0.15) is 27.0 Å². The highest BCUT2D eigenvalue weighted by molar-refractivity contribution is 6.11. The molecule has 4 rings (SSSR count). The molecule has 0 aliphatic heterocycles. The molecule has 4 nitrogen and oxygen atoms in total. The van der Waals surface area contributed by atoms with Crippen molar-refractivity contribution in [2.45, 2.75) is 13.5 Å². The molecule has 28 heavy (non-hydrogen) atoms. The number of hydrogen-bond acceptors (Lipinski definition) is 4. The molecule has 0 amide bonds. The van der Waals surface area contributed by atoms with E-state index in [0.29, 0.717) is 22.4 Å². The number of benzene rings is 3. The normalized spacial score (nSPS) is 10.8. The van der Waals surface area contributed by atoms with Gasteiger partial charge in [-0.15, -0.1) is 0 Å². The van der Waals surface area contributed by atoms with Gasteiger partial charge in [0.2, 0.25) is 0 Å². The molecule has 0 spiro atoms. The third kappa shape index (κ3) is 3.60. The van der Waals surface area contributed by atoms with Gasteiger partial charge in [-0.3, -0.25) is 14.8 Å². The second-order valence-electron chi connectivity index (χ2n) is 6.44. The first kappa shape index (κ1) is 17.8. The fourth-order valence-corrected chi connectivity index (χ4v) is 3.06. The van der Waals surface area contributed by atoms with Gasteiger partial charge >= 0.3 is 0 Å². The summed E-state index contributed by atoms with van der Waals surface area (Å²) in [6, 6.07) is 16.9. The molecule has 0 N–H and O–H groups in total. The van der Waals surface area contributed by atoms with E-state index in [4.69, 9.17) is 4.74 Å². The van der Waals surface area contributed by atoms with E-state index < -0.39 is 0 Å². The zero-order valence-corrected chi connectivity index (χ0v) is 15.2. The SMILES string of the molecule is Cc1c(OCc2cccc(F)c2)cccc1C(=O)c1ccc2nccnc2c1.